The largest absolute Gasteiger partial charge is 0.467 e. The highest BCUT2D eigenvalue weighted by atomic mass is 16.5. The third-order valence-electron chi connectivity index (χ3n) is 2.35. The number of ether oxygens (including phenoxy) is 1. The fourth-order valence-electron chi connectivity index (χ4n) is 1.32. The molecule has 0 amide bonds. The maximum Gasteiger partial charge on any atom is 0.129 e. The SMILES string of the molecule is C=C(CNC1CC1)COCc1ccco1. The van der Waals surface area contributed by atoms with Crippen molar-refractivity contribution in [2.75, 3.05) is 13.2 Å². The third kappa shape index (κ3) is 3.90. The average Bonchev–Trinajstić information content (AvgIpc) is 2.92. The molecule has 0 spiro atoms. The summed E-state index contributed by atoms with van der Waals surface area (Å²) in [7, 11) is 0. The Morgan fingerprint density at radius 2 is 2.47 bits per heavy atom. The summed E-state index contributed by atoms with van der Waals surface area (Å²) < 4.78 is 10.6. The van der Waals surface area contributed by atoms with Crippen molar-refractivity contribution in [1.82, 2.24) is 5.32 Å². The van der Waals surface area contributed by atoms with Crippen LogP contribution in [0.4, 0.5) is 0 Å². The first-order valence-corrected chi connectivity index (χ1v) is 5.35. The van der Waals surface area contributed by atoms with Gasteiger partial charge in [0.2, 0.25) is 0 Å². The van der Waals surface area contributed by atoms with E-state index in [1.807, 2.05) is 12.1 Å². The van der Waals surface area contributed by atoms with E-state index in [0.717, 1.165) is 23.9 Å². The van der Waals surface area contributed by atoms with Gasteiger partial charge in [0.05, 0.1) is 12.9 Å². The van der Waals surface area contributed by atoms with Crippen molar-refractivity contribution in [2.24, 2.45) is 0 Å². The summed E-state index contributed by atoms with van der Waals surface area (Å²) in [6.45, 7) is 5.94. The summed E-state index contributed by atoms with van der Waals surface area (Å²) in [5.41, 5.74) is 1.09. The van der Waals surface area contributed by atoms with Gasteiger partial charge in [-0.1, -0.05) is 6.58 Å². The monoisotopic (exact) mass is 207 g/mol. The van der Waals surface area contributed by atoms with Crippen LogP contribution < -0.4 is 5.32 Å². The Morgan fingerprint density at radius 3 is 3.13 bits per heavy atom. The molecule has 1 N–H and O–H groups in total. The van der Waals surface area contributed by atoms with Crippen LogP contribution in [0.5, 0.6) is 0 Å². The van der Waals surface area contributed by atoms with Crippen LogP contribution in [0.25, 0.3) is 0 Å². The first-order chi connectivity index (χ1) is 7.34. The minimum Gasteiger partial charge on any atom is -0.467 e. The van der Waals surface area contributed by atoms with E-state index in [1.54, 1.807) is 6.26 Å². The van der Waals surface area contributed by atoms with E-state index in [0.29, 0.717) is 13.2 Å². The zero-order valence-corrected chi connectivity index (χ0v) is 8.87. The average molecular weight is 207 g/mol. The van der Waals surface area contributed by atoms with Gasteiger partial charge in [-0.05, 0) is 30.5 Å². The minimum atomic E-state index is 0.523. The highest BCUT2D eigenvalue weighted by Gasteiger charge is 2.19. The lowest BCUT2D eigenvalue weighted by Gasteiger charge is -2.06. The third-order valence-corrected chi connectivity index (χ3v) is 2.35. The van der Waals surface area contributed by atoms with Crippen LogP contribution in [0.1, 0.15) is 18.6 Å². The van der Waals surface area contributed by atoms with Gasteiger partial charge in [-0.2, -0.15) is 0 Å². The topological polar surface area (TPSA) is 34.4 Å². The molecule has 1 saturated carbocycles. The second-order valence-corrected chi connectivity index (χ2v) is 3.98. The molecule has 1 aliphatic rings. The van der Waals surface area contributed by atoms with Gasteiger partial charge in [0.1, 0.15) is 12.4 Å². The van der Waals surface area contributed by atoms with Gasteiger partial charge in [0, 0.05) is 12.6 Å². The van der Waals surface area contributed by atoms with Gasteiger partial charge < -0.3 is 14.5 Å². The zero-order chi connectivity index (χ0) is 10.5. The smallest absolute Gasteiger partial charge is 0.129 e. The summed E-state index contributed by atoms with van der Waals surface area (Å²) >= 11 is 0. The van der Waals surface area contributed by atoms with Crippen LogP contribution in [-0.4, -0.2) is 19.2 Å². The fraction of sp³-hybridized carbons (Fsp3) is 0.500. The molecular weight excluding hydrogens is 190 g/mol. The Bertz CT molecular complexity index is 301. The lowest BCUT2D eigenvalue weighted by Crippen LogP contribution is -2.20. The van der Waals surface area contributed by atoms with Crippen molar-refractivity contribution in [3.63, 3.8) is 0 Å². The van der Waals surface area contributed by atoms with E-state index in [-0.39, 0.29) is 0 Å². The van der Waals surface area contributed by atoms with Gasteiger partial charge >= 0.3 is 0 Å². The second-order valence-electron chi connectivity index (χ2n) is 3.98. The minimum absolute atomic E-state index is 0.523. The molecular formula is C12H17NO2. The Hall–Kier alpha value is -1.06. The number of furan rings is 1. The summed E-state index contributed by atoms with van der Waals surface area (Å²) in [6.07, 6.45) is 4.27. The van der Waals surface area contributed by atoms with Crippen molar-refractivity contribution in [2.45, 2.75) is 25.5 Å². The molecule has 82 valence electrons. The standard InChI is InChI=1S/C12H17NO2/c1-10(7-13-11-4-5-11)8-14-9-12-3-2-6-15-12/h2-3,6,11,13H,1,4-5,7-9H2. The number of hydrogen-bond donors (Lipinski definition) is 1. The van der Waals surface area contributed by atoms with Crippen LogP contribution in [0.2, 0.25) is 0 Å². The predicted octanol–water partition coefficient (Wildman–Crippen LogP) is 2.10. The lowest BCUT2D eigenvalue weighted by molar-refractivity contribution is 0.125. The first kappa shape index (κ1) is 10.5. The molecule has 1 aliphatic carbocycles. The van der Waals surface area contributed by atoms with E-state index in [2.05, 4.69) is 11.9 Å². The first-order valence-electron chi connectivity index (χ1n) is 5.35. The van der Waals surface area contributed by atoms with Crippen LogP contribution >= 0.6 is 0 Å². The molecule has 0 radical (unpaired) electrons. The molecule has 0 unspecified atom stereocenters. The Kier molecular flexibility index (Phi) is 3.59. The van der Waals surface area contributed by atoms with Gasteiger partial charge in [-0.15, -0.1) is 0 Å². The molecule has 3 heteroatoms. The summed E-state index contributed by atoms with van der Waals surface area (Å²) in [5, 5.41) is 3.40. The molecule has 0 saturated heterocycles. The molecule has 2 rings (SSSR count). The second kappa shape index (κ2) is 5.14. The van der Waals surface area contributed by atoms with Crippen molar-refractivity contribution in [3.05, 3.63) is 36.3 Å². The van der Waals surface area contributed by atoms with Crippen molar-refractivity contribution in [1.29, 1.82) is 0 Å². The number of hydrogen-bond acceptors (Lipinski definition) is 3. The maximum atomic E-state index is 5.46. The molecule has 1 heterocycles. The fourth-order valence-corrected chi connectivity index (χ4v) is 1.32. The van der Waals surface area contributed by atoms with E-state index in [9.17, 15) is 0 Å². The van der Waals surface area contributed by atoms with Crippen molar-refractivity contribution in [3.8, 4) is 0 Å². The Morgan fingerprint density at radius 1 is 1.60 bits per heavy atom. The number of rotatable bonds is 7. The van der Waals surface area contributed by atoms with Gasteiger partial charge in [0.15, 0.2) is 0 Å². The molecule has 0 aliphatic heterocycles. The van der Waals surface area contributed by atoms with E-state index < -0.39 is 0 Å². The Balaban J connectivity index is 1.54. The molecule has 0 aromatic carbocycles. The van der Waals surface area contributed by atoms with Crippen LogP contribution in [0.15, 0.2) is 35.0 Å². The van der Waals surface area contributed by atoms with Crippen molar-refractivity contribution >= 4 is 0 Å². The predicted molar refractivity (Wildman–Crippen MR) is 58.5 cm³/mol. The van der Waals surface area contributed by atoms with E-state index in [4.69, 9.17) is 9.15 Å². The summed E-state index contributed by atoms with van der Waals surface area (Å²) in [4.78, 5) is 0. The molecule has 0 atom stereocenters. The highest BCUT2D eigenvalue weighted by molar-refractivity contribution is 5.00. The molecule has 15 heavy (non-hydrogen) atoms. The maximum absolute atomic E-state index is 5.46. The normalized spacial score (nSPS) is 15.5. The molecule has 1 aromatic rings. The van der Waals surface area contributed by atoms with E-state index >= 15 is 0 Å². The Labute approximate surface area is 90.1 Å². The van der Waals surface area contributed by atoms with E-state index in [1.165, 1.54) is 12.8 Å². The molecule has 1 fully saturated rings. The zero-order valence-electron chi connectivity index (χ0n) is 8.87. The lowest BCUT2D eigenvalue weighted by atomic mass is 10.3. The number of nitrogens with one attached hydrogen (secondary N) is 1. The van der Waals surface area contributed by atoms with Gasteiger partial charge in [-0.25, -0.2) is 0 Å². The summed E-state index contributed by atoms with van der Waals surface area (Å²) in [6, 6.07) is 4.50. The van der Waals surface area contributed by atoms with Crippen LogP contribution in [-0.2, 0) is 11.3 Å². The molecule has 3 nitrogen and oxygen atoms in total. The molecule has 0 bridgehead atoms. The highest BCUT2D eigenvalue weighted by Crippen LogP contribution is 2.18. The van der Waals surface area contributed by atoms with Crippen LogP contribution in [0, 0.1) is 0 Å². The molecule has 1 aromatic heterocycles. The van der Waals surface area contributed by atoms with Gasteiger partial charge in [0.25, 0.3) is 0 Å². The van der Waals surface area contributed by atoms with Crippen LogP contribution in [0.3, 0.4) is 0 Å². The van der Waals surface area contributed by atoms with Crippen molar-refractivity contribution < 1.29 is 9.15 Å². The summed E-state index contributed by atoms with van der Waals surface area (Å²) in [5.74, 6) is 0.859. The quantitative estimate of drug-likeness (QED) is 0.695. The van der Waals surface area contributed by atoms with Gasteiger partial charge in [-0.3, -0.25) is 0 Å².